The molecule has 1 heterocycles. The van der Waals surface area contributed by atoms with Crippen LogP contribution in [0.1, 0.15) is 30.3 Å². The van der Waals surface area contributed by atoms with Crippen molar-refractivity contribution >= 4 is 11.8 Å². The number of carbonyl (C=O) groups is 1. The minimum atomic E-state index is -0.463. The van der Waals surface area contributed by atoms with Crippen molar-refractivity contribution < 1.29 is 9.53 Å². The molecule has 0 aliphatic heterocycles. The third-order valence-corrected chi connectivity index (χ3v) is 3.08. The summed E-state index contributed by atoms with van der Waals surface area (Å²) in [6.07, 6.45) is 5.67. The summed E-state index contributed by atoms with van der Waals surface area (Å²) in [5, 5.41) is 3.22. The first-order chi connectivity index (χ1) is 8.20. The van der Waals surface area contributed by atoms with Crippen molar-refractivity contribution in [2.24, 2.45) is 11.8 Å². The van der Waals surface area contributed by atoms with Gasteiger partial charge < -0.3 is 10.1 Å². The van der Waals surface area contributed by atoms with E-state index in [1.54, 1.807) is 6.20 Å². The Morgan fingerprint density at radius 1 is 1.53 bits per heavy atom. The summed E-state index contributed by atoms with van der Waals surface area (Å²) in [6, 6.07) is 0. The summed E-state index contributed by atoms with van der Waals surface area (Å²) < 4.78 is 4.55. The molecular formula is C12H17N3O2. The predicted molar refractivity (Wildman–Crippen MR) is 63.7 cm³/mol. The van der Waals surface area contributed by atoms with E-state index in [2.05, 4.69) is 26.9 Å². The van der Waals surface area contributed by atoms with Gasteiger partial charge in [-0.2, -0.15) is 0 Å². The highest BCUT2D eigenvalue weighted by Crippen LogP contribution is 2.36. The lowest BCUT2D eigenvalue weighted by Crippen LogP contribution is -2.14. The smallest absolute Gasteiger partial charge is 0.358 e. The van der Waals surface area contributed by atoms with E-state index in [9.17, 15) is 4.79 Å². The van der Waals surface area contributed by atoms with Gasteiger partial charge in [0, 0.05) is 6.54 Å². The molecule has 17 heavy (non-hydrogen) atoms. The first-order valence-corrected chi connectivity index (χ1v) is 5.85. The minimum Gasteiger partial charge on any atom is -0.464 e. The van der Waals surface area contributed by atoms with Crippen LogP contribution in [0.2, 0.25) is 0 Å². The van der Waals surface area contributed by atoms with E-state index < -0.39 is 5.97 Å². The number of hydrogen-bond acceptors (Lipinski definition) is 5. The monoisotopic (exact) mass is 235 g/mol. The van der Waals surface area contributed by atoms with E-state index >= 15 is 0 Å². The van der Waals surface area contributed by atoms with Crippen molar-refractivity contribution in [1.29, 1.82) is 0 Å². The second-order valence-electron chi connectivity index (χ2n) is 4.47. The number of nitrogens with one attached hydrogen (secondary N) is 1. The molecule has 1 unspecified atom stereocenters. The van der Waals surface area contributed by atoms with Crippen LogP contribution in [0.15, 0.2) is 12.4 Å². The molecule has 1 aromatic heterocycles. The van der Waals surface area contributed by atoms with Crippen molar-refractivity contribution in [1.82, 2.24) is 9.97 Å². The van der Waals surface area contributed by atoms with Crippen LogP contribution in [0.5, 0.6) is 0 Å². The topological polar surface area (TPSA) is 64.1 Å². The molecule has 92 valence electrons. The van der Waals surface area contributed by atoms with Crippen LogP contribution >= 0.6 is 0 Å². The molecule has 0 saturated heterocycles. The molecule has 5 nitrogen and oxygen atoms in total. The number of carbonyl (C=O) groups excluding carboxylic acids is 1. The second-order valence-corrected chi connectivity index (χ2v) is 4.47. The highest BCUT2D eigenvalue weighted by atomic mass is 16.5. The number of anilines is 1. The molecule has 0 amide bonds. The molecule has 1 aliphatic carbocycles. The lowest BCUT2D eigenvalue weighted by molar-refractivity contribution is 0.0593. The molecule has 1 fully saturated rings. The summed E-state index contributed by atoms with van der Waals surface area (Å²) in [6.45, 7) is 3.14. The third-order valence-electron chi connectivity index (χ3n) is 3.08. The zero-order chi connectivity index (χ0) is 12.3. The van der Waals surface area contributed by atoms with Crippen molar-refractivity contribution in [3.05, 3.63) is 18.1 Å². The van der Waals surface area contributed by atoms with Crippen LogP contribution in [-0.4, -0.2) is 29.6 Å². The SMILES string of the molecule is COC(=O)c1cnc(NCC(C)C2CC2)cn1. The number of rotatable bonds is 5. The highest BCUT2D eigenvalue weighted by molar-refractivity contribution is 5.86. The molecule has 0 radical (unpaired) electrons. The Bertz CT molecular complexity index is 387. The zero-order valence-corrected chi connectivity index (χ0v) is 10.1. The van der Waals surface area contributed by atoms with Crippen molar-refractivity contribution in [2.45, 2.75) is 19.8 Å². The summed E-state index contributed by atoms with van der Waals surface area (Å²) >= 11 is 0. The average molecular weight is 235 g/mol. The van der Waals surface area contributed by atoms with Crippen molar-refractivity contribution in [3.63, 3.8) is 0 Å². The minimum absolute atomic E-state index is 0.230. The third kappa shape index (κ3) is 3.15. The van der Waals surface area contributed by atoms with E-state index in [-0.39, 0.29) is 5.69 Å². The molecule has 0 bridgehead atoms. The van der Waals surface area contributed by atoms with Gasteiger partial charge >= 0.3 is 5.97 Å². The summed E-state index contributed by atoms with van der Waals surface area (Å²) in [7, 11) is 1.33. The van der Waals surface area contributed by atoms with Crippen molar-refractivity contribution in [2.75, 3.05) is 19.0 Å². The number of ether oxygens (including phenoxy) is 1. The van der Waals surface area contributed by atoms with E-state index in [0.29, 0.717) is 11.7 Å². The summed E-state index contributed by atoms with van der Waals surface area (Å²) in [5.74, 6) is 1.77. The van der Waals surface area contributed by atoms with Gasteiger partial charge in [0.05, 0.1) is 19.5 Å². The van der Waals surface area contributed by atoms with Crippen molar-refractivity contribution in [3.8, 4) is 0 Å². The Labute approximate surface area is 101 Å². The van der Waals surface area contributed by atoms with Gasteiger partial charge in [0.1, 0.15) is 5.82 Å². The molecule has 1 saturated carbocycles. The number of nitrogens with zero attached hydrogens (tertiary/aromatic N) is 2. The van der Waals surface area contributed by atoms with E-state index in [1.807, 2.05) is 0 Å². The Hall–Kier alpha value is -1.65. The van der Waals surface area contributed by atoms with Gasteiger partial charge in [-0.05, 0) is 24.7 Å². The van der Waals surface area contributed by atoms with Gasteiger partial charge in [-0.1, -0.05) is 6.92 Å². The predicted octanol–water partition coefficient (Wildman–Crippen LogP) is 1.72. The maximum absolute atomic E-state index is 11.1. The summed E-state index contributed by atoms with van der Waals surface area (Å²) in [5.41, 5.74) is 0.230. The van der Waals surface area contributed by atoms with Gasteiger partial charge in [0.2, 0.25) is 0 Å². The normalized spacial score (nSPS) is 16.4. The molecule has 0 spiro atoms. The van der Waals surface area contributed by atoms with Gasteiger partial charge in [-0.3, -0.25) is 0 Å². The van der Waals surface area contributed by atoms with Gasteiger partial charge in [-0.25, -0.2) is 14.8 Å². The maximum Gasteiger partial charge on any atom is 0.358 e. The Morgan fingerprint density at radius 2 is 2.29 bits per heavy atom. The van der Waals surface area contributed by atoms with E-state index in [1.165, 1.54) is 26.1 Å². The van der Waals surface area contributed by atoms with Crippen LogP contribution < -0.4 is 5.32 Å². The average Bonchev–Trinajstić information content (AvgIpc) is 3.20. The van der Waals surface area contributed by atoms with Gasteiger partial charge in [0.25, 0.3) is 0 Å². The number of esters is 1. The number of aromatic nitrogens is 2. The van der Waals surface area contributed by atoms with Crippen LogP contribution in [-0.2, 0) is 4.74 Å². The fraction of sp³-hybridized carbons (Fsp3) is 0.583. The molecule has 1 aliphatic rings. The molecular weight excluding hydrogens is 218 g/mol. The number of methoxy groups -OCH3 is 1. The molecule has 1 aromatic rings. The van der Waals surface area contributed by atoms with E-state index in [0.717, 1.165) is 12.5 Å². The highest BCUT2D eigenvalue weighted by Gasteiger charge is 2.27. The Morgan fingerprint density at radius 3 is 2.82 bits per heavy atom. The first-order valence-electron chi connectivity index (χ1n) is 5.85. The fourth-order valence-corrected chi connectivity index (χ4v) is 1.73. The Kier molecular flexibility index (Phi) is 3.56. The second kappa shape index (κ2) is 5.12. The molecule has 1 N–H and O–H groups in total. The lowest BCUT2D eigenvalue weighted by Gasteiger charge is -2.11. The molecule has 0 aromatic carbocycles. The Balaban J connectivity index is 1.86. The van der Waals surface area contributed by atoms with Gasteiger partial charge in [0.15, 0.2) is 5.69 Å². The van der Waals surface area contributed by atoms with Crippen LogP contribution in [0.25, 0.3) is 0 Å². The molecule has 5 heteroatoms. The van der Waals surface area contributed by atoms with Crippen LogP contribution in [0, 0.1) is 11.8 Å². The molecule has 1 atom stereocenters. The maximum atomic E-state index is 11.1. The van der Waals surface area contributed by atoms with E-state index in [4.69, 9.17) is 0 Å². The fourth-order valence-electron chi connectivity index (χ4n) is 1.73. The van der Waals surface area contributed by atoms with Crippen LogP contribution in [0.4, 0.5) is 5.82 Å². The quantitative estimate of drug-likeness (QED) is 0.787. The lowest BCUT2D eigenvalue weighted by atomic mass is 10.1. The number of hydrogen-bond donors (Lipinski definition) is 1. The largest absolute Gasteiger partial charge is 0.464 e. The standard InChI is InChI=1S/C12H17N3O2/c1-8(9-3-4-9)5-14-11-7-13-10(6-15-11)12(16)17-2/h6-9H,3-5H2,1-2H3,(H,14,15). The molecule has 2 rings (SSSR count). The summed E-state index contributed by atoms with van der Waals surface area (Å²) in [4.78, 5) is 19.3. The van der Waals surface area contributed by atoms with Crippen LogP contribution in [0.3, 0.4) is 0 Å². The zero-order valence-electron chi connectivity index (χ0n) is 10.1. The van der Waals surface area contributed by atoms with Gasteiger partial charge in [-0.15, -0.1) is 0 Å². The first kappa shape index (κ1) is 11.8.